The molecule has 1 nitrogen and oxygen atoms in total. The van der Waals surface area contributed by atoms with Crippen molar-refractivity contribution in [3.63, 3.8) is 0 Å². The van der Waals surface area contributed by atoms with Gasteiger partial charge in [0.1, 0.15) is 0 Å². The van der Waals surface area contributed by atoms with Crippen LogP contribution in [0.4, 0.5) is 0 Å². The van der Waals surface area contributed by atoms with E-state index in [4.69, 9.17) is 0 Å². The van der Waals surface area contributed by atoms with E-state index in [0.717, 1.165) is 18.5 Å². The molecule has 0 aromatic carbocycles. The van der Waals surface area contributed by atoms with Crippen molar-refractivity contribution in [1.29, 1.82) is 0 Å². The lowest BCUT2D eigenvalue weighted by Gasteiger charge is -2.19. The Kier molecular flexibility index (Phi) is 3.13. The number of rotatable bonds is 1. The molecule has 0 saturated carbocycles. The summed E-state index contributed by atoms with van der Waals surface area (Å²) in [5.41, 5.74) is 1.54. The summed E-state index contributed by atoms with van der Waals surface area (Å²) < 4.78 is 0. The molecule has 0 spiro atoms. The van der Waals surface area contributed by atoms with Crippen LogP contribution < -0.4 is 5.32 Å². The molecule has 0 saturated heterocycles. The first-order valence-corrected chi connectivity index (χ1v) is 4.59. The number of allylic oxidation sites excluding steroid dienone is 1. The molecule has 1 unspecified atom stereocenters. The maximum absolute atomic E-state index is 3.54. The standard InChI is InChI=1S/C10H19N/c1-8(2)10-5-4-9(3)6-7-11-10/h6,8,10-11H,4-5,7H2,1-3H3. The highest BCUT2D eigenvalue weighted by Gasteiger charge is 2.13. The smallest absolute Gasteiger partial charge is 0.0140 e. The van der Waals surface area contributed by atoms with Crippen LogP contribution in [-0.4, -0.2) is 12.6 Å². The van der Waals surface area contributed by atoms with Gasteiger partial charge in [0.2, 0.25) is 0 Å². The van der Waals surface area contributed by atoms with E-state index < -0.39 is 0 Å². The van der Waals surface area contributed by atoms with Gasteiger partial charge in [0, 0.05) is 12.6 Å². The third-order valence-electron chi connectivity index (χ3n) is 2.48. The highest BCUT2D eigenvalue weighted by atomic mass is 14.9. The van der Waals surface area contributed by atoms with Crippen LogP contribution in [0.5, 0.6) is 0 Å². The second-order valence-corrected chi connectivity index (χ2v) is 3.85. The van der Waals surface area contributed by atoms with Gasteiger partial charge in [-0.15, -0.1) is 0 Å². The summed E-state index contributed by atoms with van der Waals surface area (Å²) in [6.45, 7) is 7.87. The Morgan fingerprint density at radius 3 is 2.91 bits per heavy atom. The third-order valence-corrected chi connectivity index (χ3v) is 2.48. The molecule has 1 heterocycles. The van der Waals surface area contributed by atoms with Gasteiger partial charge in [-0.25, -0.2) is 0 Å². The van der Waals surface area contributed by atoms with Gasteiger partial charge in [0.05, 0.1) is 0 Å². The summed E-state index contributed by atoms with van der Waals surface area (Å²) in [7, 11) is 0. The molecular weight excluding hydrogens is 134 g/mol. The molecular formula is C10H19N. The lowest BCUT2D eigenvalue weighted by molar-refractivity contribution is 0.398. The summed E-state index contributed by atoms with van der Waals surface area (Å²) in [6, 6.07) is 0.726. The molecule has 1 atom stereocenters. The minimum atomic E-state index is 0.726. The van der Waals surface area contributed by atoms with Gasteiger partial charge in [0.15, 0.2) is 0 Å². The zero-order valence-electron chi connectivity index (χ0n) is 7.85. The van der Waals surface area contributed by atoms with E-state index in [1.54, 1.807) is 5.57 Å². The van der Waals surface area contributed by atoms with Crippen LogP contribution >= 0.6 is 0 Å². The van der Waals surface area contributed by atoms with Crippen LogP contribution in [0, 0.1) is 5.92 Å². The zero-order chi connectivity index (χ0) is 8.27. The topological polar surface area (TPSA) is 12.0 Å². The predicted molar refractivity (Wildman–Crippen MR) is 49.6 cm³/mol. The van der Waals surface area contributed by atoms with Crippen molar-refractivity contribution < 1.29 is 0 Å². The number of hydrogen-bond donors (Lipinski definition) is 1. The molecule has 0 amide bonds. The first-order chi connectivity index (χ1) is 5.20. The Morgan fingerprint density at radius 2 is 2.27 bits per heavy atom. The van der Waals surface area contributed by atoms with Crippen molar-refractivity contribution in [2.24, 2.45) is 5.92 Å². The molecule has 1 aliphatic heterocycles. The van der Waals surface area contributed by atoms with Gasteiger partial charge in [-0.1, -0.05) is 25.5 Å². The second-order valence-electron chi connectivity index (χ2n) is 3.85. The lowest BCUT2D eigenvalue weighted by atomic mass is 9.98. The molecule has 0 radical (unpaired) electrons. The van der Waals surface area contributed by atoms with Crippen LogP contribution in [0.2, 0.25) is 0 Å². The van der Waals surface area contributed by atoms with Crippen LogP contribution in [0.15, 0.2) is 11.6 Å². The molecule has 0 fully saturated rings. The molecule has 11 heavy (non-hydrogen) atoms. The maximum atomic E-state index is 3.54. The van der Waals surface area contributed by atoms with Gasteiger partial charge in [-0.05, 0) is 25.7 Å². The average Bonchev–Trinajstić information content (AvgIpc) is 2.13. The lowest BCUT2D eigenvalue weighted by Crippen LogP contribution is -2.32. The van der Waals surface area contributed by atoms with E-state index in [-0.39, 0.29) is 0 Å². The first-order valence-electron chi connectivity index (χ1n) is 4.59. The fourth-order valence-corrected chi connectivity index (χ4v) is 1.54. The normalized spacial score (nSPS) is 26.5. The molecule has 0 aliphatic carbocycles. The number of nitrogens with one attached hydrogen (secondary N) is 1. The van der Waals surface area contributed by atoms with E-state index >= 15 is 0 Å². The van der Waals surface area contributed by atoms with Gasteiger partial charge in [0.25, 0.3) is 0 Å². The monoisotopic (exact) mass is 153 g/mol. The van der Waals surface area contributed by atoms with Crippen LogP contribution in [0.3, 0.4) is 0 Å². The van der Waals surface area contributed by atoms with E-state index in [1.165, 1.54) is 12.8 Å². The molecule has 0 aromatic heterocycles. The Hall–Kier alpha value is -0.300. The minimum Gasteiger partial charge on any atom is -0.310 e. The zero-order valence-corrected chi connectivity index (χ0v) is 7.85. The highest BCUT2D eigenvalue weighted by Crippen LogP contribution is 2.15. The SMILES string of the molecule is CC1=CCNC(C(C)C)CC1. The van der Waals surface area contributed by atoms with Gasteiger partial charge < -0.3 is 5.32 Å². The fourth-order valence-electron chi connectivity index (χ4n) is 1.54. The molecule has 64 valence electrons. The Bertz CT molecular complexity index is 147. The van der Waals surface area contributed by atoms with Crippen molar-refractivity contribution in [3.8, 4) is 0 Å². The number of hydrogen-bond acceptors (Lipinski definition) is 1. The quantitative estimate of drug-likeness (QED) is 0.570. The summed E-state index contributed by atoms with van der Waals surface area (Å²) >= 11 is 0. The predicted octanol–water partition coefficient (Wildman–Crippen LogP) is 2.34. The maximum Gasteiger partial charge on any atom is 0.0140 e. The first kappa shape index (κ1) is 8.79. The Labute approximate surface area is 69.9 Å². The van der Waals surface area contributed by atoms with Gasteiger partial charge >= 0.3 is 0 Å². The molecule has 0 aromatic rings. The van der Waals surface area contributed by atoms with Crippen LogP contribution in [0.1, 0.15) is 33.6 Å². The van der Waals surface area contributed by atoms with Crippen molar-refractivity contribution in [3.05, 3.63) is 11.6 Å². The summed E-state index contributed by atoms with van der Waals surface area (Å²) in [5.74, 6) is 0.772. The molecule has 0 bridgehead atoms. The van der Waals surface area contributed by atoms with Gasteiger partial charge in [-0.3, -0.25) is 0 Å². The second kappa shape index (κ2) is 3.91. The molecule has 1 N–H and O–H groups in total. The summed E-state index contributed by atoms with van der Waals surface area (Å²) in [5, 5.41) is 3.54. The van der Waals surface area contributed by atoms with E-state index in [0.29, 0.717) is 0 Å². The van der Waals surface area contributed by atoms with Crippen molar-refractivity contribution >= 4 is 0 Å². The van der Waals surface area contributed by atoms with Crippen LogP contribution in [0.25, 0.3) is 0 Å². The molecule has 1 aliphatic rings. The van der Waals surface area contributed by atoms with E-state index in [9.17, 15) is 0 Å². The van der Waals surface area contributed by atoms with Gasteiger partial charge in [-0.2, -0.15) is 0 Å². The van der Waals surface area contributed by atoms with Crippen molar-refractivity contribution in [2.45, 2.75) is 39.7 Å². The van der Waals surface area contributed by atoms with E-state index in [1.807, 2.05) is 0 Å². The van der Waals surface area contributed by atoms with Crippen molar-refractivity contribution in [1.82, 2.24) is 5.32 Å². The van der Waals surface area contributed by atoms with E-state index in [2.05, 4.69) is 32.2 Å². The summed E-state index contributed by atoms with van der Waals surface area (Å²) in [6.07, 6.45) is 4.89. The summed E-state index contributed by atoms with van der Waals surface area (Å²) in [4.78, 5) is 0. The average molecular weight is 153 g/mol. The Balaban J connectivity index is 2.41. The Morgan fingerprint density at radius 1 is 1.55 bits per heavy atom. The van der Waals surface area contributed by atoms with Crippen LogP contribution in [-0.2, 0) is 0 Å². The fraction of sp³-hybridized carbons (Fsp3) is 0.800. The molecule has 1 heteroatoms. The van der Waals surface area contributed by atoms with Crippen molar-refractivity contribution in [2.75, 3.05) is 6.54 Å². The largest absolute Gasteiger partial charge is 0.310 e. The highest BCUT2D eigenvalue weighted by molar-refractivity contribution is 5.02. The molecule has 1 rings (SSSR count). The third kappa shape index (κ3) is 2.66. The minimum absolute atomic E-state index is 0.726.